The van der Waals surface area contributed by atoms with Gasteiger partial charge in [0.15, 0.2) is 11.6 Å². The number of nitrogens with zero attached hydrogens (tertiary/aromatic N) is 3. The van der Waals surface area contributed by atoms with Crippen LogP contribution in [0.15, 0.2) is 72.8 Å². The Kier molecular flexibility index (Phi) is 3.98. The van der Waals surface area contributed by atoms with Crippen molar-refractivity contribution < 1.29 is 0 Å². The lowest BCUT2D eigenvalue weighted by molar-refractivity contribution is 0.766. The predicted octanol–water partition coefficient (Wildman–Crippen LogP) is 5.48. The van der Waals surface area contributed by atoms with Gasteiger partial charge < -0.3 is 0 Å². The number of rotatable bonds is 3. The first kappa shape index (κ1) is 15.5. The maximum Gasteiger partial charge on any atom is 0.163 e. The van der Waals surface area contributed by atoms with Crippen molar-refractivity contribution in [1.82, 2.24) is 15.0 Å². The number of hydrogen-bond donors (Lipinski definition) is 0. The highest BCUT2D eigenvalue weighted by Crippen LogP contribution is 2.25. The Labute approximate surface area is 147 Å². The van der Waals surface area contributed by atoms with Gasteiger partial charge in [-0.2, -0.15) is 0 Å². The molecule has 3 heteroatoms. The standard InChI is InChI=1S/C22H19N3/c1-15(2)20-23-21(17-9-4-3-5-10-17)25-22(24-20)19-13-12-16-8-6-7-11-18(16)14-19/h3-15H,1-2H3. The fourth-order valence-electron chi connectivity index (χ4n) is 2.82. The molecular weight excluding hydrogens is 306 g/mol. The molecule has 0 atom stereocenters. The van der Waals surface area contributed by atoms with Gasteiger partial charge in [-0.05, 0) is 16.8 Å². The summed E-state index contributed by atoms with van der Waals surface area (Å²) >= 11 is 0. The monoisotopic (exact) mass is 325 g/mol. The minimum absolute atomic E-state index is 0.240. The van der Waals surface area contributed by atoms with Gasteiger partial charge in [-0.15, -0.1) is 0 Å². The van der Waals surface area contributed by atoms with Crippen molar-refractivity contribution in [2.45, 2.75) is 19.8 Å². The van der Waals surface area contributed by atoms with Crippen LogP contribution in [0.3, 0.4) is 0 Å². The van der Waals surface area contributed by atoms with Crippen LogP contribution in [0.1, 0.15) is 25.6 Å². The first-order valence-corrected chi connectivity index (χ1v) is 8.51. The molecule has 0 bridgehead atoms. The van der Waals surface area contributed by atoms with Crippen LogP contribution < -0.4 is 0 Å². The van der Waals surface area contributed by atoms with E-state index >= 15 is 0 Å². The fraction of sp³-hybridized carbons (Fsp3) is 0.136. The molecule has 0 spiro atoms. The molecule has 1 heterocycles. The molecule has 25 heavy (non-hydrogen) atoms. The lowest BCUT2D eigenvalue weighted by Gasteiger charge is -2.10. The summed E-state index contributed by atoms with van der Waals surface area (Å²) in [4.78, 5) is 14.1. The van der Waals surface area contributed by atoms with E-state index < -0.39 is 0 Å². The Balaban J connectivity index is 1.89. The third-order valence-electron chi connectivity index (χ3n) is 4.21. The summed E-state index contributed by atoms with van der Waals surface area (Å²) in [6, 6.07) is 24.7. The van der Waals surface area contributed by atoms with Crippen molar-refractivity contribution in [2.75, 3.05) is 0 Å². The summed E-state index contributed by atoms with van der Waals surface area (Å²) in [6.07, 6.45) is 0. The average molecular weight is 325 g/mol. The summed E-state index contributed by atoms with van der Waals surface area (Å²) in [5.41, 5.74) is 2.02. The minimum Gasteiger partial charge on any atom is -0.213 e. The Morgan fingerprint density at radius 2 is 1.24 bits per heavy atom. The van der Waals surface area contributed by atoms with Crippen molar-refractivity contribution in [2.24, 2.45) is 0 Å². The topological polar surface area (TPSA) is 38.7 Å². The van der Waals surface area contributed by atoms with Crippen LogP contribution in [0, 0.1) is 0 Å². The summed E-state index contributed by atoms with van der Waals surface area (Å²) in [7, 11) is 0. The third kappa shape index (κ3) is 3.13. The normalized spacial score (nSPS) is 11.2. The maximum atomic E-state index is 4.74. The number of benzene rings is 3. The Bertz CT molecular complexity index is 1020. The van der Waals surface area contributed by atoms with Crippen molar-refractivity contribution in [1.29, 1.82) is 0 Å². The van der Waals surface area contributed by atoms with Gasteiger partial charge in [-0.25, -0.2) is 15.0 Å². The van der Waals surface area contributed by atoms with E-state index in [0.29, 0.717) is 0 Å². The Morgan fingerprint density at radius 1 is 0.600 bits per heavy atom. The fourth-order valence-corrected chi connectivity index (χ4v) is 2.82. The molecule has 0 aliphatic carbocycles. The lowest BCUT2D eigenvalue weighted by Crippen LogP contribution is -2.04. The van der Waals surface area contributed by atoms with Gasteiger partial charge in [0, 0.05) is 17.0 Å². The van der Waals surface area contributed by atoms with Gasteiger partial charge in [-0.3, -0.25) is 0 Å². The molecule has 4 rings (SSSR count). The van der Waals surface area contributed by atoms with Gasteiger partial charge in [0.2, 0.25) is 0 Å². The number of fused-ring (bicyclic) bond motifs is 1. The van der Waals surface area contributed by atoms with Crippen molar-refractivity contribution in [3.63, 3.8) is 0 Å². The van der Waals surface area contributed by atoms with Crippen LogP contribution in [-0.2, 0) is 0 Å². The number of aromatic nitrogens is 3. The second-order valence-electron chi connectivity index (χ2n) is 6.42. The molecule has 0 saturated carbocycles. The molecule has 0 amide bonds. The maximum absolute atomic E-state index is 4.74. The zero-order chi connectivity index (χ0) is 17.2. The van der Waals surface area contributed by atoms with E-state index in [2.05, 4.69) is 61.3 Å². The van der Waals surface area contributed by atoms with Crippen molar-refractivity contribution >= 4 is 10.8 Å². The first-order valence-electron chi connectivity index (χ1n) is 8.51. The van der Waals surface area contributed by atoms with E-state index in [9.17, 15) is 0 Å². The second-order valence-corrected chi connectivity index (χ2v) is 6.42. The van der Waals surface area contributed by atoms with Gasteiger partial charge in [0.25, 0.3) is 0 Å². The van der Waals surface area contributed by atoms with Crippen LogP contribution in [0.2, 0.25) is 0 Å². The lowest BCUT2D eigenvalue weighted by atomic mass is 10.1. The molecule has 122 valence electrons. The summed E-state index contributed by atoms with van der Waals surface area (Å²) in [6.45, 7) is 4.21. The highest BCUT2D eigenvalue weighted by atomic mass is 15.0. The van der Waals surface area contributed by atoms with Crippen LogP contribution in [-0.4, -0.2) is 15.0 Å². The molecule has 1 aromatic heterocycles. The van der Waals surface area contributed by atoms with Gasteiger partial charge in [0.05, 0.1) is 0 Å². The van der Waals surface area contributed by atoms with Gasteiger partial charge >= 0.3 is 0 Å². The summed E-state index contributed by atoms with van der Waals surface area (Å²) in [5.74, 6) is 2.51. The van der Waals surface area contributed by atoms with E-state index in [0.717, 1.165) is 28.6 Å². The second kappa shape index (κ2) is 6.44. The Hall–Kier alpha value is -3.07. The molecule has 0 saturated heterocycles. The van der Waals surface area contributed by atoms with Crippen LogP contribution in [0.4, 0.5) is 0 Å². The van der Waals surface area contributed by atoms with Crippen molar-refractivity contribution in [3.05, 3.63) is 78.6 Å². The SMILES string of the molecule is CC(C)c1nc(-c2ccccc2)nc(-c2ccc3ccccc3c2)n1. The quantitative estimate of drug-likeness (QED) is 0.500. The van der Waals surface area contributed by atoms with Crippen LogP contribution >= 0.6 is 0 Å². The van der Waals surface area contributed by atoms with E-state index in [1.165, 1.54) is 10.8 Å². The summed E-state index contributed by atoms with van der Waals surface area (Å²) < 4.78 is 0. The average Bonchev–Trinajstić information content (AvgIpc) is 2.68. The Morgan fingerprint density at radius 3 is 1.96 bits per heavy atom. The molecule has 0 fully saturated rings. The molecular formula is C22H19N3. The largest absolute Gasteiger partial charge is 0.213 e. The van der Waals surface area contributed by atoms with Crippen LogP contribution in [0.5, 0.6) is 0 Å². The smallest absolute Gasteiger partial charge is 0.163 e. The minimum atomic E-state index is 0.240. The predicted molar refractivity (Wildman–Crippen MR) is 102 cm³/mol. The molecule has 3 aromatic carbocycles. The van der Waals surface area contributed by atoms with E-state index in [4.69, 9.17) is 9.97 Å². The molecule has 0 radical (unpaired) electrons. The molecule has 0 N–H and O–H groups in total. The number of hydrogen-bond acceptors (Lipinski definition) is 3. The highest BCUT2D eigenvalue weighted by molar-refractivity contribution is 5.86. The highest BCUT2D eigenvalue weighted by Gasteiger charge is 2.12. The molecule has 4 aromatic rings. The zero-order valence-corrected chi connectivity index (χ0v) is 14.3. The van der Waals surface area contributed by atoms with Crippen molar-refractivity contribution in [3.8, 4) is 22.8 Å². The molecule has 0 aliphatic rings. The van der Waals surface area contributed by atoms with E-state index in [-0.39, 0.29) is 5.92 Å². The summed E-state index contributed by atoms with van der Waals surface area (Å²) in [5, 5.41) is 2.40. The molecule has 0 aliphatic heterocycles. The van der Waals surface area contributed by atoms with Crippen LogP contribution in [0.25, 0.3) is 33.5 Å². The van der Waals surface area contributed by atoms with E-state index in [1.54, 1.807) is 0 Å². The van der Waals surface area contributed by atoms with E-state index in [1.807, 2.05) is 30.3 Å². The first-order chi connectivity index (χ1) is 12.2. The van der Waals surface area contributed by atoms with Gasteiger partial charge in [-0.1, -0.05) is 80.6 Å². The zero-order valence-electron chi connectivity index (χ0n) is 14.3. The third-order valence-corrected chi connectivity index (χ3v) is 4.21. The molecule has 0 unspecified atom stereocenters. The van der Waals surface area contributed by atoms with Gasteiger partial charge in [0.1, 0.15) is 5.82 Å². The molecule has 3 nitrogen and oxygen atoms in total.